The molecule has 1 aliphatic heterocycles. The van der Waals surface area contributed by atoms with E-state index in [4.69, 9.17) is 0 Å². The van der Waals surface area contributed by atoms with Crippen molar-refractivity contribution >= 4 is 52.8 Å². The van der Waals surface area contributed by atoms with Gasteiger partial charge in [-0.1, -0.05) is 38.1 Å². The van der Waals surface area contributed by atoms with E-state index in [2.05, 4.69) is 15.6 Å². The summed E-state index contributed by atoms with van der Waals surface area (Å²) in [7, 11) is 0. The van der Waals surface area contributed by atoms with Gasteiger partial charge in [-0.2, -0.15) is 0 Å². The highest BCUT2D eigenvalue weighted by Gasteiger charge is 2.49. The first-order valence-corrected chi connectivity index (χ1v) is 12.4. The van der Waals surface area contributed by atoms with Crippen LogP contribution in [-0.2, 0) is 19.2 Å². The van der Waals surface area contributed by atoms with Gasteiger partial charge in [-0.25, -0.2) is 0 Å². The van der Waals surface area contributed by atoms with E-state index in [1.807, 2.05) is 45.9 Å². The standard InChI is InChI=1S/C25H30N4O5S/c1-15(2)19(28-22(32)20-18-8-6-5-7-16(18)9-11-26-20)24(34)29-14-35-25(3,4)21(29)23(33)27-17(13-31)10-12-30/h5-9,11-13,15,17,19,21H,10,14H2,1-4H3,(H,27,33)(H,28,32)/t17-,19-,21+/m0/s1. The Morgan fingerprint density at radius 2 is 1.89 bits per heavy atom. The SMILES string of the molecule is CC(C)[C@H](NC(=O)c1nccc2ccccc12)C(=O)N1CSC(C)(C)[C@H]1C(=O)N[C@H](C=O)CC=O. The normalized spacial score (nSPS) is 18.7. The average molecular weight is 499 g/mol. The molecular weight excluding hydrogens is 468 g/mol. The molecule has 2 N–H and O–H groups in total. The van der Waals surface area contributed by atoms with Gasteiger partial charge in [0.2, 0.25) is 11.8 Å². The van der Waals surface area contributed by atoms with Crippen LogP contribution in [0.3, 0.4) is 0 Å². The Kier molecular flexibility index (Phi) is 8.26. The summed E-state index contributed by atoms with van der Waals surface area (Å²) < 4.78 is -0.642. The molecule has 1 aliphatic rings. The fraction of sp³-hybridized carbons (Fsp3) is 0.440. The Morgan fingerprint density at radius 1 is 1.17 bits per heavy atom. The van der Waals surface area contributed by atoms with Crippen molar-refractivity contribution in [1.82, 2.24) is 20.5 Å². The quantitative estimate of drug-likeness (QED) is 0.506. The average Bonchev–Trinajstić information content (AvgIpc) is 3.15. The first-order valence-electron chi connectivity index (χ1n) is 11.4. The summed E-state index contributed by atoms with van der Waals surface area (Å²) in [4.78, 5) is 67.7. The van der Waals surface area contributed by atoms with Gasteiger partial charge in [-0.15, -0.1) is 11.8 Å². The Bertz CT molecular complexity index is 1130. The van der Waals surface area contributed by atoms with Crippen LogP contribution in [0.1, 0.15) is 44.6 Å². The molecule has 3 atom stereocenters. The monoisotopic (exact) mass is 498 g/mol. The Morgan fingerprint density at radius 3 is 2.54 bits per heavy atom. The molecule has 1 fully saturated rings. The largest absolute Gasteiger partial charge is 0.344 e. The van der Waals surface area contributed by atoms with E-state index in [0.29, 0.717) is 18.0 Å². The van der Waals surface area contributed by atoms with Gasteiger partial charge in [-0.3, -0.25) is 19.4 Å². The lowest BCUT2D eigenvalue weighted by Crippen LogP contribution is -2.59. The van der Waals surface area contributed by atoms with Gasteiger partial charge in [0.15, 0.2) is 0 Å². The Hall–Kier alpha value is -3.27. The number of amides is 3. The van der Waals surface area contributed by atoms with E-state index < -0.39 is 40.6 Å². The van der Waals surface area contributed by atoms with Gasteiger partial charge in [0.1, 0.15) is 30.3 Å². The van der Waals surface area contributed by atoms with Gasteiger partial charge < -0.3 is 25.1 Å². The van der Waals surface area contributed by atoms with Crippen molar-refractivity contribution in [2.45, 2.75) is 57.0 Å². The van der Waals surface area contributed by atoms with Gasteiger partial charge >= 0.3 is 0 Å². The van der Waals surface area contributed by atoms with Crippen molar-refractivity contribution in [1.29, 1.82) is 0 Å². The van der Waals surface area contributed by atoms with Crippen molar-refractivity contribution in [2.75, 3.05) is 5.88 Å². The second kappa shape index (κ2) is 11.0. The summed E-state index contributed by atoms with van der Waals surface area (Å²) >= 11 is 1.43. The Labute approximate surface area is 208 Å². The van der Waals surface area contributed by atoms with Gasteiger partial charge in [0.25, 0.3) is 5.91 Å². The number of pyridine rings is 1. The van der Waals surface area contributed by atoms with E-state index in [1.54, 1.807) is 18.3 Å². The molecule has 0 saturated carbocycles. The molecule has 0 unspecified atom stereocenters. The van der Waals surface area contributed by atoms with E-state index in [9.17, 15) is 24.0 Å². The lowest BCUT2D eigenvalue weighted by molar-refractivity contribution is -0.142. The molecule has 10 heteroatoms. The van der Waals surface area contributed by atoms with Crippen LogP contribution in [0, 0.1) is 5.92 Å². The summed E-state index contributed by atoms with van der Waals surface area (Å²) in [5.74, 6) is -1.42. The number of hydrogen-bond acceptors (Lipinski definition) is 7. The van der Waals surface area contributed by atoms with Crippen LogP contribution in [0.25, 0.3) is 10.8 Å². The number of nitrogens with zero attached hydrogens (tertiary/aromatic N) is 2. The van der Waals surface area contributed by atoms with Crippen LogP contribution in [-0.4, -0.2) is 68.9 Å². The highest BCUT2D eigenvalue weighted by Crippen LogP contribution is 2.40. The predicted octanol–water partition coefficient (Wildman–Crippen LogP) is 1.94. The number of thioether (sulfide) groups is 1. The highest BCUT2D eigenvalue weighted by molar-refractivity contribution is 8.00. The van der Waals surface area contributed by atoms with Crippen molar-refractivity contribution in [3.8, 4) is 0 Å². The minimum absolute atomic E-state index is 0.147. The molecule has 0 bridgehead atoms. The van der Waals surface area contributed by atoms with Crippen LogP contribution in [0.4, 0.5) is 0 Å². The summed E-state index contributed by atoms with van der Waals surface area (Å²) in [5, 5.41) is 6.92. The summed E-state index contributed by atoms with van der Waals surface area (Å²) in [6.45, 7) is 7.31. The second-order valence-electron chi connectivity index (χ2n) is 9.32. The fourth-order valence-electron chi connectivity index (χ4n) is 4.13. The molecule has 35 heavy (non-hydrogen) atoms. The maximum atomic E-state index is 13.7. The molecule has 0 spiro atoms. The first-order chi connectivity index (χ1) is 16.6. The second-order valence-corrected chi connectivity index (χ2v) is 10.9. The van der Waals surface area contributed by atoms with Crippen molar-refractivity contribution in [2.24, 2.45) is 5.92 Å². The molecule has 0 radical (unpaired) electrons. The molecule has 2 heterocycles. The van der Waals surface area contributed by atoms with Crippen LogP contribution < -0.4 is 10.6 Å². The Balaban J connectivity index is 1.85. The molecule has 3 rings (SSSR count). The maximum Gasteiger partial charge on any atom is 0.271 e. The van der Waals surface area contributed by atoms with E-state index >= 15 is 0 Å². The van der Waals surface area contributed by atoms with Crippen LogP contribution >= 0.6 is 11.8 Å². The number of hydrogen-bond donors (Lipinski definition) is 2. The van der Waals surface area contributed by atoms with Gasteiger partial charge in [0, 0.05) is 22.8 Å². The topological polar surface area (TPSA) is 126 Å². The fourth-order valence-corrected chi connectivity index (χ4v) is 5.27. The van der Waals surface area contributed by atoms with Crippen LogP contribution in [0.2, 0.25) is 0 Å². The lowest BCUT2D eigenvalue weighted by atomic mass is 9.97. The molecule has 1 saturated heterocycles. The number of benzene rings is 1. The number of carbonyl (C=O) groups is 5. The molecule has 9 nitrogen and oxygen atoms in total. The van der Waals surface area contributed by atoms with Gasteiger partial charge in [-0.05, 0) is 31.2 Å². The minimum Gasteiger partial charge on any atom is -0.344 e. The third-order valence-electron chi connectivity index (χ3n) is 6.03. The minimum atomic E-state index is -0.962. The number of carbonyl (C=O) groups excluding carboxylic acids is 5. The van der Waals surface area contributed by atoms with Crippen molar-refractivity contribution in [3.63, 3.8) is 0 Å². The third kappa shape index (κ3) is 5.70. The molecule has 2 aromatic rings. The maximum absolute atomic E-state index is 13.7. The van der Waals surface area contributed by atoms with E-state index in [0.717, 1.165) is 5.39 Å². The van der Waals surface area contributed by atoms with E-state index in [1.165, 1.54) is 16.7 Å². The first kappa shape index (κ1) is 26.3. The van der Waals surface area contributed by atoms with Crippen LogP contribution in [0.15, 0.2) is 36.5 Å². The summed E-state index contributed by atoms with van der Waals surface area (Å²) in [5.41, 5.74) is 0.217. The third-order valence-corrected chi connectivity index (χ3v) is 7.40. The summed E-state index contributed by atoms with van der Waals surface area (Å²) in [6, 6.07) is 6.42. The predicted molar refractivity (Wildman–Crippen MR) is 134 cm³/mol. The molecule has 1 aromatic carbocycles. The zero-order chi connectivity index (χ0) is 25.8. The number of nitrogens with one attached hydrogen (secondary N) is 2. The molecular formula is C25H30N4O5S. The van der Waals surface area contributed by atoms with Crippen LogP contribution in [0.5, 0.6) is 0 Å². The molecule has 3 amide bonds. The van der Waals surface area contributed by atoms with Gasteiger partial charge in [0.05, 0.1) is 11.9 Å². The number of aldehydes is 2. The number of aromatic nitrogens is 1. The van der Waals surface area contributed by atoms with Crippen molar-refractivity contribution < 1.29 is 24.0 Å². The zero-order valence-electron chi connectivity index (χ0n) is 20.2. The zero-order valence-corrected chi connectivity index (χ0v) is 21.0. The van der Waals surface area contributed by atoms with Crippen molar-refractivity contribution in [3.05, 3.63) is 42.2 Å². The number of fused-ring (bicyclic) bond motifs is 1. The highest BCUT2D eigenvalue weighted by atomic mass is 32.2. The smallest absolute Gasteiger partial charge is 0.271 e. The molecule has 0 aliphatic carbocycles. The lowest BCUT2D eigenvalue weighted by Gasteiger charge is -2.34. The number of rotatable bonds is 9. The molecule has 1 aromatic heterocycles. The molecule has 186 valence electrons. The summed E-state index contributed by atoms with van der Waals surface area (Å²) in [6.07, 6.45) is 2.46. The van der Waals surface area contributed by atoms with E-state index in [-0.39, 0.29) is 23.9 Å².